The molecule has 0 bridgehead atoms. The minimum absolute atomic E-state index is 0.138. The minimum Gasteiger partial charge on any atom is -0.493 e. The second-order valence-electron chi connectivity index (χ2n) is 7.10. The van der Waals surface area contributed by atoms with Gasteiger partial charge in [-0.2, -0.15) is 5.10 Å². The molecule has 0 aliphatic heterocycles. The van der Waals surface area contributed by atoms with Crippen LogP contribution in [0.4, 0.5) is 5.69 Å². The molecule has 1 amide bonds. The monoisotopic (exact) mass is 417 g/mol. The smallest absolute Gasteiger partial charge is 0.259 e. The van der Waals surface area contributed by atoms with Gasteiger partial charge in [0.1, 0.15) is 6.61 Å². The van der Waals surface area contributed by atoms with E-state index in [9.17, 15) is 4.79 Å². The van der Waals surface area contributed by atoms with Crippen molar-refractivity contribution in [1.29, 1.82) is 0 Å². The molecule has 0 aliphatic rings. The molecule has 0 saturated carbocycles. The average Bonchev–Trinajstić information content (AvgIpc) is 2.78. The van der Waals surface area contributed by atoms with Gasteiger partial charge in [-0.3, -0.25) is 4.79 Å². The third-order valence-corrected chi connectivity index (χ3v) is 4.73. The average molecular weight is 418 g/mol. The maximum Gasteiger partial charge on any atom is 0.259 e. The first-order chi connectivity index (χ1) is 15.1. The molecule has 3 aromatic rings. The summed E-state index contributed by atoms with van der Waals surface area (Å²) in [7, 11) is 1.59. The number of carbonyl (C=O) groups excluding carboxylic acids is 1. The van der Waals surface area contributed by atoms with Crippen LogP contribution in [-0.4, -0.2) is 25.8 Å². The zero-order chi connectivity index (χ0) is 22.1. The predicted octanol–water partition coefficient (Wildman–Crippen LogP) is 4.45. The SMILES string of the molecule is COc1cc(/C=N/NC(=O)CNc2c(C)cccc2C)ccc1OCc1ccccc1. The van der Waals surface area contributed by atoms with Gasteiger partial charge in [0, 0.05) is 5.69 Å². The maximum atomic E-state index is 12.1. The molecule has 0 aliphatic carbocycles. The molecule has 0 atom stereocenters. The van der Waals surface area contributed by atoms with Gasteiger partial charge < -0.3 is 14.8 Å². The summed E-state index contributed by atoms with van der Waals surface area (Å²) in [5.74, 6) is 1.02. The molecular weight excluding hydrogens is 390 g/mol. The van der Waals surface area contributed by atoms with Crippen LogP contribution in [0.3, 0.4) is 0 Å². The number of benzene rings is 3. The third kappa shape index (κ3) is 6.34. The van der Waals surface area contributed by atoms with E-state index in [0.29, 0.717) is 18.1 Å². The molecule has 3 rings (SSSR count). The lowest BCUT2D eigenvalue weighted by atomic mass is 10.1. The topological polar surface area (TPSA) is 72.0 Å². The van der Waals surface area contributed by atoms with Crippen LogP contribution in [0, 0.1) is 13.8 Å². The van der Waals surface area contributed by atoms with Crippen molar-refractivity contribution in [3.8, 4) is 11.5 Å². The van der Waals surface area contributed by atoms with Crippen molar-refractivity contribution in [3.63, 3.8) is 0 Å². The van der Waals surface area contributed by atoms with E-state index in [4.69, 9.17) is 9.47 Å². The normalized spacial score (nSPS) is 10.7. The molecule has 3 aromatic carbocycles. The van der Waals surface area contributed by atoms with Gasteiger partial charge in [0.2, 0.25) is 0 Å². The largest absolute Gasteiger partial charge is 0.493 e. The lowest BCUT2D eigenvalue weighted by Gasteiger charge is -2.12. The number of anilines is 1. The number of hydrazone groups is 1. The molecule has 0 spiro atoms. The Kier molecular flexibility index (Phi) is 7.65. The Morgan fingerprint density at radius 1 is 0.968 bits per heavy atom. The fourth-order valence-corrected chi connectivity index (χ4v) is 3.10. The molecular formula is C25H27N3O3. The van der Waals surface area contributed by atoms with Crippen molar-refractivity contribution in [2.24, 2.45) is 5.10 Å². The number of amides is 1. The predicted molar refractivity (Wildman–Crippen MR) is 124 cm³/mol. The molecule has 0 unspecified atom stereocenters. The van der Waals surface area contributed by atoms with Gasteiger partial charge in [-0.15, -0.1) is 0 Å². The van der Waals surface area contributed by atoms with Gasteiger partial charge in [0.05, 0.1) is 19.9 Å². The van der Waals surface area contributed by atoms with Crippen LogP contribution in [0.15, 0.2) is 71.8 Å². The summed E-state index contributed by atoms with van der Waals surface area (Å²) < 4.78 is 11.3. The van der Waals surface area contributed by atoms with E-state index in [1.54, 1.807) is 13.3 Å². The lowest BCUT2D eigenvalue weighted by molar-refractivity contribution is -0.119. The highest BCUT2D eigenvalue weighted by atomic mass is 16.5. The third-order valence-electron chi connectivity index (χ3n) is 4.73. The van der Waals surface area contributed by atoms with Gasteiger partial charge in [-0.1, -0.05) is 48.5 Å². The van der Waals surface area contributed by atoms with E-state index in [-0.39, 0.29) is 12.5 Å². The molecule has 31 heavy (non-hydrogen) atoms. The molecule has 0 fully saturated rings. The van der Waals surface area contributed by atoms with Crippen LogP contribution in [-0.2, 0) is 11.4 Å². The van der Waals surface area contributed by atoms with Crippen LogP contribution in [0.5, 0.6) is 11.5 Å². The van der Waals surface area contributed by atoms with Crippen molar-refractivity contribution in [1.82, 2.24) is 5.43 Å². The van der Waals surface area contributed by atoms with Crippen molar-refractivity contribution in [2.75, 3.05) is 19.0 Å². The number of nitrogens with zero attached hydrogens (tertiary/aromatic N) is 1. The Hall–Kier alpha value is -3.80. The van der Waals surface area contributed by atoms with E-state index < -0.39 is 0 Å². The van der Waals surface area contributed by atoms with E-state index in [1.807, 2.05) is 80.6 Å². The lowest BCUT2D eigenvalue weighted by Crippen LogP contribution is -2.26. The highest BCUT2D eigenvalue weighted by molar-refractivity contribution is 5.85. The second kappa shape index (κ2) is 10.8. The number of methoxy groups -OCH3 is 1. The number of hydrogen-bond acceptors (Lipinski definition) is 5. The van der Waals surface area contributed by atoms with Crippen LogP contribution in [0.2, 0.25) is 0 Å². The highest BCUT2D eigenvalue weighted by Gasteiger charge is 2.07. The zero-order valence-corrected chi connectivity index (χ0v) is 18.0. The van der Waals surface area contributed by atoms with Crippen molar-refractivity contribution >= 4 is 17.8 Å². The maximum absolute atomic E-state index is 12.1. The summed E-state index contributed by atoms with van der Waals surface area (Å²) >= 11 is 0. The van der Waals surface area contributed by atoms with Crippen LogP contribution in [0.25, 0.3) is 0 Å². The number of ether oxygens (including phenoxy) is 2. The first kappa shape index (κ1) is 21.9. The summed E-state index contributed by atoms with van der Waals surface area (Å²) in [5, 5.41) is 7.20. The molecule has 0 radical (unpaired) electrons. The Morgan fingerprint density at radius 2 is 1.71 bits per heavy atom. The minimum atomic E-state index is -0.228. The van der Waals surface area contributed by atoms with Crippen molar-refractivity contribution < 1.29 is 14.3 Å². The Balaban J connectivity index is 1.53. The van der Waals surface area contributed by atoms with Gasteiger partial charge in [-0.05, 0) is 54.3 Å². The number of carbonyl (C=O) groups is 1. The summed E-state index contributed by atoms with van der Waals surface area (Å²) in [6.45, 7) is 4.60. The van der Waals surface area contributed by atoms with E-state index in [0.717, 1.165) is 27.9 Å². The molecule has 2 N–H and O–H groups in total. The van der Waals surface area contributed by atoms with E-state index in [1.165, 1.54) is 0 Å². The number of rotatable bonds is 9. The Morgan fingerprint density at radius 3 is 2.42 bits per heavy atom. The number of aryl methyl sites for hydroxylation is 2. The molecule has 160 valence electrons. The molecule has 0 saturated heterocycles. The second-order valence-corrected chi connectivity index (χ2v) is 7.10. The fourth-order valence-electron chi connectivity index (χ4n) is 3.10. The van der Waals surface area contributed by atoms with E-state index in [2.05, 4.69) is 15.8 Å². The molecule has 0 aromatic heterocycles. The fraction of sp³-hybridized carbons (Fsp3) is 0.200. The summed E-state index contributed by atoms with van der Waals surface area (Å²) in [4.78, 5) is 12.1. The molecule has 6 nitrogen and oxygen atoms in total. The zero-order valence-electron chi connectivity index (χ0n) is 18.0. The van der Waals surface area contributed by atoms with Gasteiger partial charge in [-0.25, -0.2) is 5.43 Å². The van der Waals surface area contributed by atoms with Crippen molar-refractivity contribution in [2.45, 2.75) is 20.5 Å². The number of hydrogen-bond donors (Lipinski definition) is 2. The molecule has 6 heteroatoms. The van der Waals surface area contributed by atoms with Crippen LogP contribution >= 0.6 is 0 Å². The van der Waals surface area contributed by atoms with Crippen LogP contribution < -0.4 is 20.2 Å². The summed E-state index contributed by atoms with van der Waals surface area (Å²) in [6.07, 6.45) is 1.57. The number of para-hydroxylation sites is 1. The summed E-state index contributed by atoms with van der Waals surface area (Å²) in [6, 6.07) is 21.4. The molecule has 0 heterocycles. The first-order valence-electron chi connectivity index (χ1n) is 10.0. The standard InChI is InChI=1S/C25H27N3O3/c1-18-8-7-9-19(2)25(18)26-16-24(29)28-27-15-21-12-13-22(23(14-21)30-3)31-17-20-10-5-4-6-11-20/h4-15,26H,16-17H2,1-3H3,(H,28,29)/b27-15+. The summed E-state index contributed by atoms with van der Waals surface area (Å²) in [5.41, 5.74) is 7.56. The first-order valence-corrected chi connectivity index (χ1v) is 10.0. The van der Waals surface area contributed by atoms with Crippen molar-refractivity contribution in [3.05, 3.63) is 89.0 Å². The quantitative estimate of drug-likeness (QED) is 0.398. The van der Waals surface area contributed by atoms with E-state index >= 15 is 0 Å². The van der Waals surface area contributed by atoms with Crippen LogP contribution in [0.1, 0.15) is 22.3 Å². The Bertz CT molecular complexity index is 1030. The number of nitrogens with one attached hydrogen (secondary N) is 2. The van der Waals surface area contributed by atoms with Gasteiger partial charge in [0.25, 0.3) is 5.91 Å². The van der Waals surface area contributed by atoms with Gasteiger partial charge >= 0.3 is 0 Å². The Labute approximate surface area is 182 Å². The highest BCUT2D eigenvalue weighted by Crippen LogP contribution is 2.28. The van der Waals surface area contributed by atoms with Gasteiger partial charge in [0.15, 0.2) is 11.5 Å².